The number of hydrogen-bond donors (Lipinski definition) is 1. The summed E-state index contributed by atoms with van der Waals surface area (Å²) in [5.41, 5.74) is 5.83. The molecule has 1 saturated heterocycles. The molecule has 2 aliphatic rings. The molecular weight excluding hydrogens is 252 g/mol. The lowest BCUT2D eigenvalue weighted by atomic mass is 9.65. The summed E-state index contributed by atoms with van der Waals surface area (Å²) in [6.45, 7) is 2.32. The van der Waals surface area contributed by atoms with Crippen molar-refractivity contribution in [3.05, 3.63) is 0 Å². The molecule has 1 aliphatic heterocycles. The van der Waals surface area contributed by atoms with Gasteiger partial charge in [0.25, 0.3) is 0 Å². The molecule has 1 aliphatic carbocycles. The van der Waals surface area contributed by atoms with Crippen LogP contribution < -0.4 is 5.73 Å². The second kappa shape index (κ2) is 6.73. The number of ether oxygens (including phenoxy) is 1. The third-order valence-corrected chi connectivity index (χ3v) is 4.29. The molecule has 1 saturated carbocycles. The van der Waals surface area contributed by atoms with Crippen molar-refractivity contribution in [3.8, 4) is 0 Å². The van der Waals surface area contributed by atoms with Crippen molar-refractivity contribution in [1.29, 1.82) is 0 Å². The van der Waals surface area contributed by atoms with Gasteiger partial charge in [0.2, 0.25) is 5.91 Å². The highest BCUT2D eigenvalue weighted by Crippen LogP contribution is 2.45. The lowest BCUT2D eigenvalue weighted by Gasteiger charge is -2.45. The highest BCUT2D eigenvalue weighted by molar-refractivity contribution is 5.85. The molecule has 18 heavy (non-hydrogen) atoms. The molecule has 0 aromatic heterocycles. The Morgan fingerprint density at radius 1 is 1.44 bits per heavy atom. The number of likely N-dealkylation sites (tertiary alicyclic amines) is 1. The van der Waals surface area contributed by atoms with E-state index >= 15 is 0 Å². The van der Waals surface area contributed by atoms with Crippen molar-refractivity contribution >= 4 is 18.3 Å². The fourth-order valence-electron chi connectivity index (χ4n) is 3.00. The molecule has 106 valence electrons. The molecule has 1 atom stereocenters. The van der Waals surface area contributed by atoms with Crippen LogP contribution in [0.5, 0.6) is 0 Å². The number of methoxy groups -OCH3 is 1. The van der Waals surface area contributed by atoms with Crippen molar-refractivity contribution in [3.63, 3.8) is 0 Å². The van der Waals surface area contributed by atoms with Crippen LogP contribution in [0.3, 0.4) is 0 Å². The number of carbonyl (C=O) groups is 1. The molecule has 5 heteroatoms. The van der Waals surface area contributed by atoms with E-state index in [2.05, 4.69) is 0 Å². The molecule has 0 aromatic carbocycles. The number of nitrogens with zero attached hydrogens (tertiary/aromatic N) is 1. The van der Waals surface area contributed by atoms with Crippen molar-refractivity contribution < 1.29 is 9.53 Å². The smallest absolute Gasteiger partial charge is 0.228 e. The third kappa shape index (κ3) is 3.16. The van der Waals surface area contributed by atoms with E-state index in [-0.39, 0.29) is 23.9 Å². The van der Waals surface area contributed by atoms with Gasteiger partial charge >= 0.3 is 0 Å². The van der Waals surface area contributed by atoms with Crippen LogP contribution in [0, 0.1) is 5.41 Å². The van der Waals surface area contributed by atoms with Gasteiger partial charge in [-0.2, -0.15) is 0 Å². The molecule has 1 unspecified atom stereocenters. The van der Waals surface area contributed by atoms with Crippen LogP contribution >= 0.6 is 12.4 Å². The van der Waals surface area contributed by atoms with Gasteiger partial charge in [-0.3, -0.25) is 4.79 Å². The summed E-state index contributed by atoms with van der Waals surface area (Å²) in [6.07, 6.45) is 6.20. The number of rotatable bonds is 4. The van der Waals surface area contributed by atoms with Gasteiger partial charge in [-0.1, -0.05) is 6.42 Å². The maximum Gasteiger partial charge on any atom is 0.228 e. The Hall–Kier alpha value is -0.320. The Kier molecular flexibility index (Phi) is 5.89. The number of amides is 1. The lowest BCUT2D eigenvalue weighted by Crippen LogP contribution is -2.53. The third-order valence-electron chi connectivity index (χ3n) is 4.29. The summed E-state index contributed by atoms with van der Waals surface area (Å²) in [6, 6.07) is 0.173. The van der Waals surface area contributed by atoms with Crippen LogP contribution in [0.2, 0.25) is 0 Å². The zero-order chi connectivity index (χ0) is 12.3. The van der Waals surface area contributed by atoms with Gasteiger partial charge in [-0.25, -0.2) is 0 Å². The first kappa shape index (κ1) is 15.7. The van der Waals surface area contributed by atoms with E-state index in [1.54, 1.807) is 7.11 Å². The summed E-state index contributed by atoms with van der Waals surface area (Å²) < 4.78 is 5.14. The molecule has 2 rings (SSSR count). The first-order valence-corrected chi connectivity index (χ1v) is 6.72. The predicted octanol–water partition coefficient (Wildman–Crippen LogP) is 1.56. The maximum atomic E-state index is 12.6. The van der Waals surface area contributed by atoms with Gasteiger partial charge in [-0.05, 0) is 32.1 Å². The largest absolute Gasteiger partial charge is 0.385 e. The van der Waals surface area contributed by atoms with E-state index in [1.165, 1.54) is 6.42 Å². The lowest BCUT2D eigenvalue weighted by molar-refractivity contribution is -0.150. The zero-order valence-electron chi connectivity index (χ0n) is 11.2. The second-order valence-corrected chi connectivity index (χ2v) is 5.53. The van der Waals surface area contributed by atoms with Gasteiger partial charge in [0.05, 0.1) is 5.41 Å². The number of piperidine rings is 1. The van der Waals surface area contributed by atoms with Crippen LogP contribution in [0.1, 0.15) is 38.5 Å². The summed E-state index contributed by atoms with van der Waals surface area (Å²) in [4.78, 5) is 14.6. The van der Waals surface area contributed by atoms with Gasteiger partial charge in [-0.15, -0.1) is 12.4 Å². The molecule has 1 heterocycles. The Bertz CT molecular complexity index is 282. The summed E-state index contributed by atoms with van der Waals surface area (Å²) >= 11 is 0. The van der Waals surface area contributed by atoms with E-state index in [0.717, 1.165) is 45.2 Å². The van der Waals surface area contributed by atoms with Gasteiger partial charge in [0.15, 0.2) is 0 Å². The van der Waals surface area contributed by atoms with Crippen molar-refractivity contribution in [2.45, 2.75) is 44.6 Å². The van der Waals surface area contributed by atoms with E-state index < -0.39 is 0 Å². The normalized spacial score (nSPS) is 26.1. The summed E-state index contributed by atoms with van der Waals surface area (Å²) in [7, 11) is 1.70. The standard InChI is InChI=1S/C13H24N2O2.ClH/c1-17-9-7-13(5-3-6-13)12(16)15-8-2-4-11(14)10-15;/h11H,2-10,14H2,1H3;1H. The molecule has 2 fully saturated rings. The van der Waals surface area contributed by atoms with E-state index in [0.29, 0.717) is 12.5 Å². The minimum Gasteiger partial charge on any atom is -0.385 e. The fourth-order valence-corrected chi connectivity index (χ4v) is 3.00. The summed E-state index contributed by atoms with van der Waals surface area (Å²) in [5.74, 6) is 0.330. The molecule has 0 aromatic rings. The van der Waals surface area contributed by atoms with Crippen LogP contribution in [0.15, 0.2) is 0 Å². The zero-order valence-corrected chi connectivity index (χ0v) is 12.0. The molecule has 0 radical (unpaired) electrons. The molecule has 1 amide bonds. The van der Waals surface area contributed by atoms with Gasteiger partial charge in [0.1, 0.15) is 0 Å². The van der Waals surface area contributed by atoms with Gasteiger partial charge < -0.3 is 15.4 Å². The predicted molar refractivity (Wildman–Crippen MR) is 73.8 cm³/mol. The van der Waals surface area contributed by atoms with Crippen molar-refractivity contribution in [1.82, 2.24) is 4.90 Å². The van der Waals surface area contributed by atoms with Crippen LogP contribution in [-0.4, -0.2) is 43.7 Å². The van der Waals surface area contributed by atoms with Gasteiger partial charge in [0, 0.05) is 32.8 Å². The molecule has 0 spiro atoms. The number of hydrogen-bond acceptors (Lipinski definition) is 3. The first-order chi connectivity index (χ1) is 8.18. The molecular formula is C13H25ClN2O2. The van der Waals surface area contributed by atoms with Crippen LogP contribution in [0.25, 0.3) is 0 Å². The van der Waals surface area contributed by atoms with Crippen molar-refractivity contribution in [2.75, 3.05) is 26.8 Å². The Labute approximate surface area is 116 Å². The molecule has 0 bridgehead atoms. The minimum atomic E-state index is -0.118. The number of halogens is 1. The first-order valence-electron chi connectivity index (χ1n) is 6.72. The SMILES string of the molecule is COCCC1(C(=O)N2CCCC(N)C2)CCC1.Cl. The quantitative estimate of drug-likeness (QED) is 0.848. The Morgan fingerprint density at radius 3 is 2.67 bits per heavy atom. The number of nitrogens with two attached hydrogens (primary N) is 1. The average molecular weight is 277 g/mol. The van der Waals surface area contributed by atoms with E-state index in [4.69, 9.17) is 10.5 Å². The second-order valence-electron chi connectivity index (χ2n) is 5.53. The topological polar surface area (TPSA) is 55.6 Å². The fraction of sp³-hybridized carbons (Fsp3) is 0.923. The Morgan fingerprint density at radius 2 is 2.17 bits per heavy atom. The number of carbonyl (C=O) groups excluding carboxylic acids is 1. The highest BCUT2D eigenvalue weighted by Gasteiger charge is 2.46. The highest BCUT2D eigenvalue weighted by atomic mass is 35.5. The summed E-state index contributed by atoms with van der Waals surface area (Å²) in [5, 5.41) is 0. The molecule has 4 nitrogen and oxygen atoms in total. The van der Waals surface area contributed by atoms with E-state index in [9.17, 15) is 4.79 Å². The maximum absolute atomic E-state index is 12.6. The minimum absolute atomic E-state index is 0. The average Bonchev–Trinajstić information content (AvgIpc) is 2.27. The van der Waals surface area contributed by atoms with Crippen molar-refractivity contribution in [2.24, 2.45) is 11.1 Å². The molecule has 2 N–H and O–H groups in total. The Balaban J connectivity index is 0.00000162. The monoisotopic (exact) mass is 276 g/mol. The van der Waals surface area contributed by atoms with Crippen LogP contribution in [0.4, 0.5) is 0 Å². The van der Waals surface area contributed by atoms with E-state index in [1.807, 2.05) is 4.90 Å². The van der Waals surface area contributed by atoms with Crippen LogP contribution in [-0.2, 0) is 9.53 Å².